The van der Waals surface area contributed by atoms with Crippen LogP contribution >= 0.6 is 22.6 Å². The second-order valence-electron chi connectivity index (χ2n) is 7.04. The van der Waals surface area contributed by atoms with E-state index in [0.717, 1.165) is 5.56 Å². The van der Waals surface area contributed by atoms with Gasteiger partial charge < -0.3 is 19.9 Å². The summed E-state index contributed by atoms with van der Waals surface area (Å²) in [6, 6.07) is 12.2. The van der Waals surface area contributed by atoms with Gasteiger partial charge in [-0.1, -0.05) is 30.3 Å². The van der Waals surface area contributed by atoms with Gasteiger partial charge in [-0.25, -0.2) is 9.59 Å². The molecule has 0 saturated carbocycles. The third-order valence-electron chi connectivity index (χ3n) is 5.16. The van der Waals surface area contributed by atoms with Crippen LogP contribution in [0.1, 0.15) is 31.0 Å². The Labute approximate surface area is 195 Å². The van der Waals surface area contributed by atoms with E-state index in [0.29, 0.717) is 33.4 Å². The summed E-state index contributed by atoms with van der Waals surface area (Å²) in [5, 5.41) is 13.1. The average molecular weight is 536 g/mol. The molecule has 2 aromatic carbocycles. The first-order valence-corrected chi connectivity index (χ1v) is 11.0. The standard InChI is InChI=1S/C23H25IN2O5/c1-4-31-22(28)19-14(2)26(11-10-15-8-6-5-7-9-15)23(29)25-20(19)16-12-17(24)21(27)18(13-16)30-3/h5-9,12-13,20,27H,4,10-11H2,1-3H3,(H,25,29). The lowest BCUT2D eigenvalue weighted by molar-refractivity contribution is -0.139. The molecule has 31 heavy (non-hydrogen) atoms. The molecule has 0 saturated heterocycles. The topological polar surface area (TPSA) is 88.1 Å². The average Bonchev–Trinajstić information content (AvgIpc) is 2.75. The van der Waals surface area contributed by atoms with E-state index in [2.05, 4.69) is 5.32 Å². The highest BCUT2D eigenvalue weighted by Gasteiger charge is 2.37. The van der Waals surface area contributed by atoms with Crippen LogP contribution in [0.3, 0.4) is 0 Å². The molecule has 0 spiro atoms. The Morgan fingerprint density at radius 1 is 1.26 bits per heavy atom. The first-order valence-electron chi connectivity index (χ1n) is 9.93. The molecule has 7 nitrogen and oxygen atoms in total. The minimum atomic E-state index is -0.720. The number of benzene rings is 2. The number of urea groups is 1. The molecular weight excluding hydrogens is 511 g/mol. The molecule has 0 fully saturated rings. The number of phenolic OH excluding ortho intramolecular Hbond substituents is 1. The summed E-state index contributed by atoms with van der Waals surface area (Å²) in [5.74, 6) is -0.211. The quantitative estimate of drug-likeness (QED) is 0.410. The summed E-state index contributed by atoms with van der Waals surface area (Å²) in [4.78, 5) is 27.4. The Balaban J connectivity index is 2.01. The maximum atomic E-state index is 13.0. The van der Waals surface area contributed by atoms with E-state index in [1.165, 1.54) is 7.11 Å². The van der Waals surface area contributed by atoms with Crippen molar-refractivity contribution in [3.63, 3.8) is 0 Å². The zero-order valence-corrected chi connectivity index (χ0v) is 19.8. The van der Waals surface area contributed by atoms with Crippen LogP contribution in [-0.2, 0) is 16.0 Å². The number of hydrogen-bond acceptors (Lipinski definition) is 5. The molecule has 0 bridgehead atoms. The van der Waals surface area contributed by atoms with Crippen molar-refractivity contribution < 1.29 is 24.2 Å². The van der Waals surface area contributed by atoms with Crippen molar-refractivity contribution in [3.8, 4) is 11.5 Å². The predicted molar refractivity (Wildman–Crippen MR) is 125 cm³/mol. The monoisotopic (exact) mass is 536 g/mol. The molecule has 2 amide bonds. The molecule has 1 aliphatic rings. The van der Waals surface area contributed by atoms with Crippen molar-refractivity contribution in [1.29, 1.82) is 0 Å². The number of phenols is 1. The normalized spacial score (nSPS) is 16.2. The molecular formula is C23H25IN2O5. The summed E-state index contributed by atoms with van der Waals surface area (Å²) < 4.78 is 11.1. The summed E-state index contributed by atoms with van der Waals surface area (Å²) in [6.07, 6.45) is 0.650. The van der Waals surface area contributed by atoms with Gasteiger partial charge in [0.05, 0.1) is 28.9 Å². The Morgan fingerprint density at radius 2 is 1.97 bits per heavy atom. The number of allylic oxidation sites excluding steroid dienone is 1. The number of aromatic hydroxyl groups is 1. The highest BCUT2D eigenvalue weighted by Crippen LogP contribution is 2.38. The van der Waals surface area contributed by atoms with Crippen LogP contribution in [0.2, 0.25) is 0 Å². The molecule has 1 atom stereocenters. The van der Waals surface area contributed by atoms with E-state index in [1.54, 1.807) is 30.9 Å². The third-order valence-corrected chi connectivity index (χ3v) is 5.98. The van der Waals surface area contributed by atoms with Gasteiger partial charge in [0.2, 0.25) is 0 Å². The number of nitrogens with zero attached hydrogens (tertiary/aromatic N) is 1. The minimum Gasteiger partial charge on any atom is -0.504 e. The van der Waals surface area contributed by atoms with E-state index in [-0.39, 0.29) is 24.1 Å². The zero-order valence-electron chi connectivity index (χ0n) is 17.6. The van der Waals surface area contributed by atoms with Gasteiger partial charge in [0.25, 0.3) is 0 Å². The molecule has 2 aromatic rings. The Kier molecular flexibility index (Phi) is 7.42. The smallest absolute Gasteiger partial charge is 0.338 e. The van der Waals surface area contributed by atoms with Crippen molar-refractivity contribution >= 4 is 34.6 Å². The van der Waals surface area contributed by atoms with Crippen LogP contribution < -0.4 is 10.1 Å². The van der Waals surface area contributed by atoms with Gasteiger partial charge in [-0.3, -0.25) is 4.90 Å². The molecule has 1 aliphatic heterocycles. The SMILES string of the molecule is CCOC(=O)C1=C(C)N(CCc2ccccc2)C(=O)NC1c1cc(I)c(O)c(OC)c1. The van der Waals surface area contributed by atoms with Gasteiger partial charge >= 0.3 is 12.0 Å². The molecule has 3 rings (SSSR count). The number of rotatable bonds is 7. The van der Waals surface area contributed by atoms with Crippen LogP contribution in [0.25, 0.3) is 0 Å². The second kappa shape index (κ2) is 10.0. The van der Waals surface area contributed by atoms with Crippen LogP contribution in [0.5, 0.6) is 11.5 Å². The number of esters is 1. The number of amides is 2. The highest BCUT2D eigenvalue weighted by atomic mass is 127. The van der Waals surface area contributed by atoms with Gasteiger partial charge in [0, 0.05) is 12.2 Å². The minimum absolute atomic E-state index is 0.0110. The van der Waals surface area contributed by atoms with Gasteiger partial charge in [0.15, 0.2) is 11.5 Å². The largest absolute Gasteiger partial charge is 0.504 e. The third kappa shape index (κ3) is 4.95. The van der Waals surface area contributed by atoms with E-state index in [1.807, 2.05) is 52.9 Å². The number of nitrogens with one attached hydrogen (secondary N) is 1. The Morgan fingerprint density at radius 3 is 2.61 bits per heavy atom. The fourth-order valence-electron chi connectivity index (χ4n) is 3.58. The molecule has 0 aliphatic carbocycles. The molecule has 2 N–H and O–H groups in total. The van der Waals surface area contributed by atoms with Crippen LogP contribution in [0.15, 0.2) is 53.7 Å². The van der Waals surface area contributed by atoms with Gasteiger partial charge in [-0.2, -0.15) is 0 Å². The number of methoxy groups -OCH3 is 1. The van der Waals surface area contributed by atoms with Gasteiger partial charge in [-0.15, -0.1) is 0 Å². The summed E-state index contributed by atoms with van der Waals surface area (Å²) >= 11 is 1.99. The molecule has 8 heteroatoms. The van der Waals surface area contributed by atoms with Gasteiger partial charge in [-0.05, 0) is 66.1 Å². The predicted octanol–water partition coefficient (Wildman–Crippen LogP) is 4.15. The second-order valence-corrected chi connectivity index (χ2v) is 8.21. The van der Waals surface area contributed by atoms with Crippen LogP contribution in [0, 0.1) is 3.57 Å². The number of halogens is 1. The molecule has 0 aromatic heterocycles. The number of hydrogen-bond donors (Lipinski definition) is 2. The lowest BCUT2D eigenvalue weighted by Gasteiger charge is -2.35. The van der Waals surface area contributed by atoms with Crippen molar-refractivity contribution in [2.45, 2.75) is 26.3 Å². The van der Waals surface area contributed by atoms with E-state index in [4.69, 9.17) is 9.47 Å². The van der Waals surface area contributed by atoms with Gasteiger partial charge in [0.1, 0.15) is 0 Å². The lowest BCUT2D eigenvalue weighted by Crippen LogP contribution is -2.48. The van der Waals surface area contributed by atoms with Crippen molar-refractivity contribution in [3.05, 3.63) is 68.4 Å². The zero-order chi connectivity index (χ0) is 22.5. The fraction of sp³-hybridized carbons (Fsp3) is 0.304. The van der Waals surface area contributed by atoms with E-state index < -0.39 is 12.0 Å². The van der Waals surface area contributed by atoms with Crippen LogP contribution in [-0.4, -0.2) is 42.3 Å². The van der Waals surface area contributed by atoms with Crippen molar-refractivity contribution in [1.82, 2.24) is 10.2 Å². The summed E-state index contributed by atoms with van der Waals surface area (Å²) in [6.45, 7) is 4.14. The Bertz CT molecular complexity index is 1010. The molecule has 1 unspecified atom stereocenters. The van der Waals surface area contributed by atoms with E-state index in [9.17, 15) is 14.7 Å². The maximum absolute atomic E-state index is 13.0. The molecule has 0 radical (unpaired) electrons. The van der Waals surface area contributed by atoms with E-state index >= 15 is 0 Å². The first kappa shape index (κ1) is 22.9. The summed E-state index contributed by atoms with van der Waals surface area (Å²) in [5.41, 5.74) is 2.63. The van der Waals surface area contributed by atoms with Crippen LogP contribution in [0.4, 0.5) is 4.79 Å². The Hall–Kier alpha value is -2.75. The fourth-order valence-corrected chi connectivity index (χ4v) is 4.20. The highest BCUT2D eigenvalue weighted by molar-refractivity contribution is 14.1. The first-order chi connectivity index (χ1) is 14.9. The number of carbonyl (C=O) groups excluding carboxylic acids is 2. The summed E-state index contributed by atoms with van der Waals surface area (Å²) in [7, 11) is 1.45. The number of ether oxygens (including phenoxy) is 2. The lowest BCUT2D eigenvalue weighted by atomic mass is 9.94. The molecule has 164 valence electrons. The van der Waals surface area contributed by atoms with Crippen molar-refractivity contribution in [2.75, 3.05) is 20.3 Å². The number of carbonyl (C=O) groups is 2. The maximum Gasteiger partial charge on any atom is 0.338 e. The molecule has 1 heterocycles. The van der Waals surface area contributed by atoms with Crippen molar-refractivity contribution in [2.24, 2.45) is 0 Å².